The Bertz CT molecular complexity index is 580. The number of likely N-dealkylation sites (tertiary alicyclic amines) is 1. The zero-order valence-electron chi connectivity index (χ0n) is 14.1. The van der Waals surface area contributed by atoms with Gasteiger partial charge in [0.1, 0.15) is 5.60 Å². The van der Waals surface area contributed by atoms with Crippen molar-refractivity contribution in [3.05, 3.63) is 17.5 Å². The van der Waals surface area contributed by atoms with E-state index in [0.717, 1.165) is 19.5 Å². The fraction of sp³-hybridized carbons (Fsp3) is 0.750. The zero-order valence-corrected chi connectivity index (χ0v) is 14.1. The number of β-amino-alcohol motifs (C(OH)–C–C–N with tert-alkyl or cyclic N) is 1. The van der Waals surface area contributed by atoms with E-state index in [1.54, 1.807) is 4.90 Å². The van der Waals surface area contributed by atoms with Gasteiger partial charge in [0.2, 0.25) is 0 Å². The Balaban J connectivity index is 1.56. The predicted molar refractivity (Wildman–Crippen MR) is 84.9 cm³/mol. The SMILES string of the molecule is CC(C)(C)OC(=O)N1CCC(O)(CN2CCc3[nH]ncc3C2)C1. The lowest BCUT2D eigenvalue weighted by Gasteiger charge is -2.33. The minimum atomic E-state index is -0.863. The van der Waals surface area contributed by atoms with E-state index in [2.05, 4.69) is 15.1 Å². The third kappa shape index (κ3) is 3.84. The van der Waals surface area contributed by atoms with Gasteiger partial charge >= 0.3 is 6.09 Å². The first-order valence-corrected chi connectivity index (χ1v) is 8.18. The van der Waals surface area contributed by atoms with E-state index in [1.165, 1.54) is 11.3 Å². The van der Waals surface area contributed by atoms with Crippen molar-refractivity contribution in [3.63, 3.8) is 0 Å². The molecule has 2 aliphatic heterocycles. The number of aromatic amines is 1. The van der Waals surface area contributed by atoms with Crippen molar-refractivity contribution >= 4 is 6.09 Å². The van der Waals surface area contributed by atoms with E-state index in [-0.39, 0.29) is 6.09 Å². The van der Waals surface area contributed by atoms with E-state index >= 15 is 0 Å². The van der Waals surface area contributed by atoms with Gasteiger partial charge in [0.15, 0.2) is 0 Å². The van der Waals surface area contributed by atoms with Crippen molar-refractivity contribution in [1.82, 2.24) is 20.0 Å². The van der Waals surface area contributed by atoms with E-state index in [4.69, 9.17) is 4.74 Å². The van der Waals surface area contributed by atoms with Gasteiger partial charge in [-0.15, -0.1) is 0 Å². The average Bonchev–Trinajstić information content (AvgIpc) is 3.03. The molecule has 23 heavy (non-hydrogen) atoms. The number of nitrogens with one attached hydrogen (secondary N) is 1. The van der Waals surface area contributed by atoms with Crippen molar-refractivity contribution < 1.29 is 14.6 Å². The summed E-state index contributed by atoms with van der Waals surface area (Å²) in [6.07, 6.45) is 3.01. The third-order valence-corrected chi connectivity index (χ3v) is 4.38. The van der Waals surface area contributed by atoms with E-state index in [0.29, 0.717) is 26.1 Å². The summed E-state index contributed by atoms with van der Waals surface area (Å²) in [5, 5.41) is 17.9. The molecule has 0 radical (unpaired) electrons. The lowest BCUT2D eigenvalue weighted by Crippen LogP contribution is -2.47. The van der Waals surface area contributed by atoms with Crippen LogP contribution in [0.1, 0.15) is 38.4 Å². The number of H-pyrrole nitrogens is 1. The monoisotopic (exact) mass is 322 g/mol. The number of aliphatic hydroxyl groups is 1. The minimum Gasteiger partial charge on any atom is -0.444 e. The van der Waals surface area contributed by atoms with Gasteiger partial charge in [0, 0.05) is 43.9 Å². The van der Waals surface area contributed by atoms with E-state index in [1.807, 2.05) is 27.0 Å². The second-order valence-corrected chi connectivity index (χ2v) is 7.71. The van der Waals surface area contributed by atoms with Gasteiger partial charge in [-0.25, -0.2) is 4.79 Å². The maximum Gasteiger partial charge on any atom is 0.410 e. The molecule has 0 saturated carbocycles. The number of ether oxygens (including phenoxy) is 1. The number of carbonyl (C=O) groups is 1. The van der Waals surface area contributed by atoms with Gasteiger partial charge in [-0.3, -0.25) is 10.00 Å². The van der Waals surface area contributed by atoms with Crippen LogP contribution < -0.4 is 0 Å². The molecule has 0 bridgehead atoms. The second-order valence-electron chi connectivity index (χ2n) is 7.71. The molecule has 0 spiro atoms. The number of rotatable bonds is 2. The van der Waals surface area contributed by atoms with Gasteiger partial charge in [-0.2, -0.15) is 5.10 Å². The maximum atomic E-state index is 12.1. The van der Waals surface area contributed by atoms with Gasteiger partial charge in [-0.05, 0) is 27.2 Å². The number of hydrogen-bond acceptors (Lipinski definition) is 5. The molecule has 1 amide bonds. The van der Waals surface area contributed by atoms with Crippen LogP contribution in [0.5, 0.6) is 0 Å². The van der Waals surface area contributed by atoms with Crippen LogP contribution in [0, 0.1) is 0 Å². The van der Waals surface area contributed by atoms with Crippen LogP contribution in [0.2, 0.25) is 0 Å². The van der Waals surface area contributed by atoms with E-state index in [9.17, 15) is 9.90 Å². The molecule has 2 aliphatic rings. The largest absolute Gasteiger partial charge is 0.444 e. The van der Waals surface area contributed by atoms with E-state index < -0.39 is 11.2 Å². The molecule has 7 nitrogen and oxygen atoms in total. The molecular weight excluding hydrogens is 296 g/mol. The van der Waals surface area contributed by atoms with Gasteiger partial charge in [0.05, 0.1) is 18.3 Å². The standard InChI is InChI=1S/C16H26N4O3/c1-15(2,3)23-14(21)20-7-5-16(22,11-20)10-19-6-4-13-12(9-19)8-17-18-13/h8,22H,4-7,9-11H2,1-3H3,(H,17,18). The molecule has 1 atom stereocenters. The summed E-state index contributed by atoms with van der Waals surface area (Å²) in [4.78, 5) is 16.0. The lowest BCUT2D eigenvalue weighted by atomic mass is 10.0. The fourth-order valence-corrected chi connectivity index (χ4v) is 3.30. The highest BCUT2D eigenvalue weighted by atomic mass is 16.6. The Labute approximate surface area is 136 Å². The van der Waals surface area contributed by atoms with Crippen LogP contribution in [0.3, 0.4) is 0 Å². The quantitative estimate of drug-likeness (QED) is 0.853. The van der Waals surface area contributed by atoms with Crippen LogP contribution in [-0.4, -0.2) is 68.6 Å². The molecule has 2 N–H and O–H groups in total. The molecule has 3 heterocycles. The fourth-order valence-electron chi connectivity index (χ4n) is 3.30. The van der Waals surface area contributed by atoms with Crippen LogP contribution in [-0.2, 0) is 17.7 Å². The Morgan fingerprint density at radius 2 is 2.26 bits per heavy atom. The Kier molecular flexibility index (Phi) is 4.10. The van der Waals surface area contributed by atoms with Crippen LogP contribution >= 0.6 is 0 Å². The number of hydrogen-bond donors (Lipinski definition) is 2. The van der Waals surface area contributed by atoms with Crippen LogP contribution in [0.15, 0.2) is 6.20 Å². The summed E-state index contributed by atoms with van der Waals surface area (Å²) >= 11 is 0. The topological polar surface area (TPSA) is 81.7 Å². The molecule has 1 unspecified atom stereocenters. The number of aromatic nitrogens is 2. The Morgan fingerprint density at radius 1 is 1.48 bits per heavy atom. The first kappa shape index (κ1) is 16.3. The number of carbonyl (C=O) groups excluding carboxylic acids is 1. The second kappa shape index (κ2) is 5.79. The highest BCUT2D eigenvalue weighted by molar-refractivity contribution is 5.68. The maximum absolute atomic E-state index is 12.1. The number of amides is 1. The van der Waals surface area contributed by atoms with Crippen molar-refractivity contribution in [2.45, 2.75) is 51.4 Å². The molecule has 1 saturated heterocycles. The first-order valence-electron chi connectivity index (χ1n) is 8.18. The van der Waals surface area contributed by atoms with Crippen molar-refractivity contribution in [2.24, 2.45) is 0 Å². The first-order chi connectivity index (χ1) is 10.7. The molecule has 1 aromatic heterocycles. The summed E-state index contributed by atoms with van der Waals surface area (Å²) in [5.41, 5.74) is 1.01. The van der Waals surface area contributed by atoms with Gasteiger partial charge in [0.25, 0.3) is 0 Å². The highest BCUT2D eigenvalue weighted by Crippen LogP contribution is 2.26. The molecule has 1 aromatic rings. The minimum absolute atomic E-state index is 0.330. The van der Waals surface area contributed by atoms with Gasteiger partial charge in [-0.1, -0.05) is 0 Å². The van der Waals surface area contributed by atoms with Crippen molar-refractivity contribution in [1.29, 1.82) is 0 Å². The summed E-state index contributed by atoms with van der Waals surface area (Å²) in [6, 6.07) is 0. The molecular formula is C16H26N4O3. The highest BCUT2D eigenvalue weighted by Gasteiger charge is 2.41. The molecule has 3 rings (SSSR count). The summed E-state index contributed by atoms with van der Waals surface area (Å²) in [7, 11) is 0. The molecule has 0 aromatic carbocycles. The van der Waals surface area contributed by atoms with Crippen LogP contribution in [0.4, 0.5) is 4.79 Å². The predicted octanol–water partition coefficient (Wildman–Crippen LogP) is 1.14. The normalized spacial score (nSPS) is 25.5. The molecule has 7 heteroatoms. The summed E-state index contributed by atoms with van der Waals surface area (Å²) in [5.74, 6) is 0. The van der Waals surface area contributed by atoms with Crippen molar-refractivity contribution in [2.75, 3.05) is 26.2 Å². The zero-order chi connectivity index (χ0) is 16.7. The summed E-state index contributed by atoms with van der Waals surface area (Å²) in [6.45, 7) is 8.67. The van der Waals surface area contributed by atoms with Crippen molar-refractivity contribution in [3.8, 4) is 0 Å². The smallest absolute Gasteiger partial charge is 0.410 e. The van der Waals surface area contributed by atoms with Gasteiger partial charge < -0.3 is 14.7 Å². The summed E-state index contributed by atoms with van der Waals surface area (Å²) < 4.78 is 5.39. The number of fused-ring (bicyclic) bond motifs is 1. The number of nitrogens with zero attached hydrogens (tertiary/aromatic N) is 3. The lowest BCUT2D eigenvalue weighted by molar-refractivity contribution is -0.00271. The Morgan fingerprint density at radius 3 is 3.00 bits per heavy atom. The van der Waals surface area contributed by atoms with Crippen LogP contribution in [0.25, 0.3) is 0 Å². The molecule has 128 valence electrons. The molecule has 0 aliphatic carbocycles. The third-order valence-electron chi connectivity index (χ3n) is 4.38. The average molecular weight is 322 g/mol. The Hall–Kier alpha value is -1.60. The molecule has 1 fully saturated rings.